The van der Waals surface area contributed by atoms with E-state index < -0.39 is 0 Å². The summed E-state index contributed by atoms with van der Waals surface area (Å²) >= 11 is 0. The van der Waals surface area contributed by atoms with Gasteiger partial charge >= 0.3 is 5.97 Å². The monoisotopic (exact) mass is 185 g/mol. The highest BCUT2D eigenvalue weighted by molar-refractivity contribution is 5.75. The highest BCUT2D eigenvalue weighted by Gasteiger charge is 2.21. The summed E-state index contributed by atoms with van der Waals surface area (Å²) in [7, 11) is 0. The van der Waals surface area contributed by atoms with Crippen LogP contribution in [0.25, 0.3) is 0 Å². The minimum atomic E-state index is -0.0619. The molecule has 76 valence electrons. The number of nitrogens with one attached hydrogen (secondary N) is 1. The molecule has 13 heavy (non-hydrogen) atoms. The molecule has 1 atom stereocenters. The molecular formula is C10H19NO2. The third-order valence-corrected chi connectivity index (χ3v) is 2.34. The van der Waals surface area contributed by atoms with Crippen LogP contribution in [0.2, 0.25) is 0 Å². The SMILES string of the molecule is CCCCOC(=O)C1CCCCN1. The summed E-state index contributed by atoms with van der Waals surface area (Å²) in [5.74, 6) is -0.0619. The van der Waals surface area contributed by atoms with Crippen LogP contribution in [0.1, 0.15) is 39.0 Å². The molecule has 0 spiro atoms. The number of piperidine rings is 1. The summed E-state index contributed by atoms with van der Waals surface area (Å²) in [6.45, 7) is 3.62. The van der Waals surface area contributed by atoms with Gasteiger partial charge in [0.2, 0.25) is 0 Å². The number of rotatable bonds is 4. The molecule has 0 aliphatic carbocycles. The van der Waals surface area contributed by atoms with Gasteiger partial charge in [0, 0.05) is 0 Å². The molecule has 1 aliphatic rings. The van der Waals surface area contributed by atoms with Crippen molar-refractivity contribution in [2.75, 3.05) is 13.2 Å². The van der Waals surface area contributed by atoms with Crippen LogP contribution < -0.4 is 5.32 Å². The Morgan fingerprint density at radius 2 is 2.38 bits per heavy atom. The van der Waals surface area contributed by atoms with Gasteiger partial charge in [-0.3, -0.25) is 4.79 Å². The average Bonchev–Trinajstić information content (AvgIpc) is 2.19. The third kappa shape index (κ3) is 3.77. The van der Waals surface area contributed by atoms with E-state index in [-0.39, 0.29) is 12.0 Å². The van der Waals surface area contributed by atoms with Crippen molar-refractivity contribution in [1.82, 2.24) is 5.32 Å². The van der Waals surface area contributed by atoms with Crippen molar-refractivity contribution in [3.05, 3.63) is 0 Å². The summed E-state index contributed by atoms with van der Waals surface area (Å²) in [6, 6.07) is -0.0365. The smallest absolute Gasteiger partial charge is 0.323 e. The molecule has 1 rings (SSSR count). The Bertz CT molecular complexity index is 153. The molecule has 1 heterocycles. The number of carbonyl (C=O) groups excluding carboxylic acids is 1. The number of unbranched alkanes of at least 4 members (excludes halogenated alkanes) is 1. The molecule has 0 aromatic heterocycles. The minimum Gasteiger partial charge on any atom is -0.465 e. The van der Waals surface area contributed by atoms with Gasteiger partial charge in [-0.2, -0.15) is 0 Å². The lowest BCUT2D eigenvalue weighted by Crippen LogP contribution is -2.41. The summed E-state index contributed by atoms with van der Waals surface area (Å²) in [6.07, 6.45) is 5.30. The first kappa shape index (κ1) is 10.5. The lowest BCUT2D eigenvalue weighted by Gasteiger charge is -2.21. The highest BCUT2D eigenvalue weighted by atomic mass is 16.5. The van der Waals surface area contributed by atoms with Gasteiger partial charge in [0.1, 0.15) is 6.04 Å². The molecule has 3 heteroatoms. The first-order valence-corrected chi connectivity index (χ1v) is 5.24. The summed E-state index contributed by atoms with van der Waals surface area (Å²) in [5, 5.41) is 3.17. The normalized spacial score (nSPS) is 22.7. The molecule has 1 saturated heterocycles. The van der Waals surface area contributed by atoms with E-state index in [1.807, 2.05) is 0 Å². The standard InChI is InChI=1S/C10H19NO2/c1-2-3-8-13-10(12)9-6-4-5-7-11-9/h9,11H,2-8H2,1H3. The lowest BCUT2D eigenvalue weighted by atomic mass is 10.1. The molecule has 3 nitrogen and oxygen atoms in total. The van der Waals surface area contributed by atoms with E-state index in [1.165, 1.54) is 6.42 Å². The Morgan fingerprint density at radius 3 is 3.00 bits per heavy atom. The fourth-order valence-electron chi connectivity index (χ4n) is 1.47. The van der Waals surface area contributed by atoms with Gasteiger partial charge in [-0.25, -0.2) is 0 Å². The Labute approximate surface area is 79.8 Å². The van der Waals surface area contributed by atoms with Crippen LogP contribution >= 0.6 is 0 Å². The predicted octanol–water partition coefficient (Wildman–Crippen LogP) is 1.47. The van der Waals surface area contributed by atoms with E-state index >= 15 is 0 Å². The van der Waals surface area contributed by atoms with Crippen LogP contribution in [0.15, 0.2) is 0 Å². The van der Waals surface area contributed by atoms with Crippen LogP contribution in [0, 0.1) is 0 Å². The van der Waals surface area contributed by atoms with Crippen LogP contribution in [-0.2, 0) is 9.53 Å². The van der Waals surface area contributed by atoms with Crippen molar-refractivity contribution in [3.63, 3.8) is 0 Å². The average molecular weight is 185 g/mol. The molecule has 0 aromatic carbocycles. The van der Waals surface area contributed by atoms with E-state index in [9.17, 15) is 4.79 Å². The highest BCUT2D eigenvalue weighted by Crippen LogP contribution is 2.08. The molecule has 0 radical (unpaired) electrons. The second kappa shape index (κ2) is 5.97. The molecule has 1 fully saturated rings. The van der Waals surface area contributed by atoms with Gasteiger partial charge in [-0.1, -0.05) is 19.8 Å². The number of ether oxygens (including phenoxy) is 1. The summed E-state index contributed by atoms with van der Waals surface area (Å²) in [5.41, 5.74) is 0. The number of esters is 1. The second-order valence-corrected chi connectivity index (χ2v) is 3.52. The lowest BCUT2D eigenvalue weighted by molar-refractivity contribution is -0.146. The summed E-state index contributed by atoms with van der Waals surface area (Å²) < 4.78 is 5.12. The fourth-order valence-corrected chi connectivity index (χ4v) is 1.47. The van der Waals surface area contributed by atoms with Crippen LogP contribution in [0.5, 0.6) is 0 Å². The largest absolute Gasteiger partial charge is 0.465 e. The van der Waals surface area contributed by atoms with Gasteiger partial charge in [0.25, 0.3) is 0 Å². The third-order valence-electron chi connectivity index (χ3n) is 2.34. The quantitative estimate of drug-likeness (QED) is 0.532. The number of hydrogen-bond donors (Lipinski definition) is 1. The van der Waals surface area contributed by atoms with E-state index in [0.717, 1.165) is 32.2 Å². The van der Waals surface area contributed by atoms with Crippen molar-refractivity contribution >= 4 is 5.97 Å². The zero-order chi connectivity index (χ0) is 9.52. The van der Waals surface area contributed by atoms with Gasteiger partial charge in [0.05, 0.1) is 6.61 Å². The Morgan fingerprint density at radius 1 is 1.54 bits per heavy atom. The van der Waals surface area contributed by atoms with Gasteiger partial charge in [-0.05, 0) is 25.8 Å². The predicted molar refractivity (Wildman–Crippen MR) is 51.5 cm³/mol. The number of hydrogen-bond acceptors (Lipinski definition) is 3. The molecule has 0 amide bonds. The topological polar surface area (TPSA) is 38.3 Å². The Balaban J connectivity index is 2.13. The van der Waals surface area contributed by atoms with Crippen LogP contribution in [0.4, 0.5) is 0 Å². The molecule has 1 N–H and O–H groups in total. The zero-order valence-corrected chi connectivity index (χ0v) is 8.34. The maximum Gasteiger partial charge on any atom is 0.323 e. The molecule has 0 aromatic rings. The maximum atomic E-state index is 11.4. The Kier molecular flexibility index (Phi) is 4.83. The van der Waals surface area contributed by atoms with Crippen molar-refractivity contribution in [1.29, 1.82) is 0 Å². The van der Waals surface area contributed by atoms with Crippen LogP contribution in [0.3, 0.4) is 0 Å². The van der Waals surface area contributed by atoms with Crippen molar-refractivity contribution in [3.8, 4) is 0 Å². The molecule has 1 unspecified atom stereocenters. The minimum absolute atomic E-state index is 0.0365. The van der Waals surface area contributed by atoms with Gasteiger partial charge < -0.3 is 10.1 Å². The maximum absolute atomic E-state index is 11.4. The number of carbonyl (C=O) groups is 1. The van der Waals surface area contributed by atoms with E-state index in [1.54, 1.807) is 0 Å². The molecule has 0 bridgehead atoms. The molecular weight excluding hydrogens is 166 g/mol. The van der Waals surface area contributed by atoms with Crippen molar-refractivity contribution < 1.29 is 9.53 Å². The van der Waals surface area contributed by atoms with E-state index in [2.05, 4.69) is 12.2 Å². The second-order valence-electron chi connectivity index (χ2n) is 3.52. The van der Waals surface area contributed by atoms with Crippen molar-refractivity contribution in [2.45, 2.75) is 45.1 Å². The van der Waals surface area contributed by atoms with E-state index in [0.29, 0.717) is 6.61 Å². The van der Waals surface area contributed by atoms with Crippen LogP contribution in [-0.4, -0.2) is 25.2 Å². The van der Waals surface area contributed by atoms with E-state index in [4.69, 9.17) is 4.74 Å². The first-order valence-electron chi connectivity index (χ1n) is 5.24. The van der Waals surface area contributed by atoms with Crippen molar-refractivity contribution in [2.24, 2.45) is 0 Å². The first-order chi connectivity index (χ1) is 6.34. The summed E-state index contributed by atoms with van der Waals surface area (Å²) in [4.78, 5) is 11.4. The van der Waals surface area contributed by atoms with Gasteiger partial charge in [-0.15, -0.1) is 0 Å². The molecule has 0 saturated carbocycles. The fraction of sp³-hybridized carbons (Fsp3) is 0.900. The zero-order valence-electron chi connectivity index (χ0n) is 8.34. The van der Waals surface area contributed by atoms with Gasteiger partial charge in [0.15, 0.2) is 0 Å². The Hall–Kier alpha value is -0.570. The molecule has 1 aliphatic heterocycles.